The number of rotatable bonds is 6. The van der Waals surface area contributed by atoms with Crippen LogP contribution in [0, 0.1) is 0 Å². The van der Waals surface area contributed by atoms with Crippen LogP contribution in [0.1, 0.15) is 6.42 Å². The van der Waals surface area contributed by atoms with Crippen molar-refractivity contribution in [2.45, 2.75) is 12.5 Å². The summed E-state index contributed by atoms with van der Waals surface area (Å²) in [5.74, 6) is 1.92. The highest BCUT2D eigenvalue weighted by molar-refractivity contribution is 6.18. The van der Waals surface area contributed by atoms with Gasteiger partial charge in [-0.15, -0.1) is 23.2 Å². The van der Waals surface area contributed by atoms with Gasteiger partial charge in [0.25, 0.3) is 0 Å². The summed E-state index contributed by atoms with van der Waals surface area (Å²) in [6, 6.07) is 4.89. The lowest BCUT2D eigenvalue weighted by atomic mass is 10.2. The molecule has 2 aliphatic rings. The maximum absolute atomic E-state index is 12.4. The number of benzene rings is 1. The SMILES string of the molecule is O=C(N[C@H]1CC(=O)N(c2ccc3c(c2)OCCO3)C1)N(CCCl)CCCl. The van der Waals surface area contributed by atoms with Crippen molar-refractivity contribution in [3.05, 3.63) is 18.2 Å². The van der Waals surface area contributed by atoms with Crippen LogP contribution in [-0.2, 0) is 4.79 Å². The highest BCUT2D eigenvalue weighted by Crippen LogP contribution is 2.35. The molecule has 2 heterocycles. The quantitative estimate of drug-likeness (QED) is 0.740. The summed E-state index contributed by atoms with van der Waals surface area (Å²) in [5, 5.41) is 2.89. The van der Waals surface area contributed by atoms with E-state index in [1.807, 2.05) is 6.07 Å². The van der Waals surface area contributed by atoms with Crippen molar-refractivity contribution in [2.24, 2.45) is 0 Å². The van der Waals surface area contributed by atoms with Gasteiger partial charge in [0.2, 0.25) is 5.91 Å². The number of carbonyl (C=O) groups excluding carboxylic acids is 2. The maximum atomic E-state index is 12.4. The summed E-state index contributed by atoms with van der Waals surface area (Å²) in [4.78, 5) is 28.0. The number of hydrogen-bond acceptors (Lipinski definition) is 4. The van der Waals surface area contributed by atoms with Gasteiger partial charge in [-0.25, -0.2) is 4.79 Å². The Kier molecular flexibility index (Phi) is 6.32. The third-order valence-electron chi connectivity index (χ3n) is 4.29. The van der Waals surface area contributed by atoms with Gasteiger partial charge in [-0.3, -0.25) is 4.79 Å². The minimum absolute atomic E-state index is 0.0479. The number of ether oxygens (including phenoxy) is 2. The molecule has 1 N–H and O–H groups in total. The van der Waals surface area contributed by atoms with Crippen LogP contribution >= 0.6 is 23.2 Å². The number of urea groups is 1. The number of carbonyl (C=O) groups is 2. The lowest BCUT2D eigenvalue weighted by Gasteiger charge is -2.24. The van der Waals surface area contributed by atoms with E-state index in [0.717, 1.165) is 5.69 Å². The lowest BCUT2D eigenvalue weighted by Crippen LogP contribution is -2.47. The van der Waals surface area contributed by atoms with Crippen LogP contribution in [0.15, 0.2) is 18.2 Å². The van der Waals surface area contributed by atoms with E-state index < -0.39 is 0 Å². The zero-order valence-electron chi connectivity index (χ0n) is 14.2. The van der Waals surface area contributed by atoms with Crippen LogP contribution in [0.5, 0.6) is 11.5 Å². The van der Waals surface area contributed by atoms with Crippen molar-refractivity contribution >= 4 is 40.8 Å². The minimum Gasteiger partial charge on any atom is -0.486 e. The topological polar surface area (TPSA) is 71.1 Å². The summed E-state index contributed by atoms with van der Waals surface area (Å²) in [6.07, 6.45) is 0.246. The molecule has 1 atom stereocenters. The first-order valence-corrected chi connectivity index (χ1v) is 9.56. The number of nitrogens with one attached hydrogen (secondary N) is 1. The average Bonchev–Trinajstić information content (AvgIpc) is 3.01. The second-order valence-corrected chi connectivity index (χ2v) is 6.80. The smallest absolute Gasteiger partial charge is 0.317 e. The molecular formula is C17H21Cl2N3O4. The summed E-state index contributed by atoms with van der Waals surface area (Å²) in [6.45, 7) is 2.23. The molecule has 9 heteroatoms. The number of amides is 3. The van der Waals surface area contributed by atoms with Gasteiger partial charge < -0.3 is 24.6 Å². The minimum atomic E-state index is -0.267. The summed E-state index contributed by atoms with van der Waals surface area (Å²) in [5.41, 5.74) is 0.731. The van der Waals surface area contributed by atoms with E-state index in [2.05, 4.69) is 5.32 Å². The van der Waals surface area contributed by atoms with Crippen molar-refractivity contribution in [3.63, 3.8) is 0 Å². The molecule has 0 unspecified atom stereocenters. The van der Waals surface area contributed by atoms with Gasteiger partial charge in [-0.2, -0.15) is 0 Å². The Morgan fingerprint density at radius 2 is 1.88 bits per heavy atom. The van der Waals surface area contributed by atoms with Crippen molar-refractivity contribution in [2.75, 3.05) is 49.5 Å². The highest BCUT2D eigenvalue weighted by Gasteiger charge is 2.33. The zero-order chi connectivity index (χ0) is 18.5. The molecule has 3 rings (SSSR count). The zero-order valence-corrected chi connectivity index (χ0v) is 15.8. The third kappa shape index (κ3) is 4.27. The number of alkyl halides is 2. The summed E-state index contributed by atoms with van der Waals surface area (Å²) < 4.78 is 11.1. The molecule has 1 aromatic rings. The van der Waals surface area contributed by atoms with Crippen LogP contribution in [0.2, 0.25) is 0 Å². The molecule has 0 bridgehead atoms. The number of nitrogens with zero attached hydrogens (tertiary/aromatic N) is 2. The van der Waals surface area contributed by atoms with Crippen LogP contribution in [0.3, 0.4) is 0 Å². The Hall–Kier alpha value is -1.86. The molecule has 1 saturated heterocycles. The maximum Gasteiger partial charge on any atom is 0.317 e. The molecule has 26 heavy (non-hydrogen) atoms. The van der Waals surface area contributed by atoms with Crippen LogP contribution in [-0.4, -0.2) is 67.5 Å². The first-order valence-electron chi connectivity index (χ1n) is 8.49. The predicted octanol–water partition coefficient (Wildman–Crippen LogP) is 2.05. The van der Waals surface area contributed by atoms with Gasteiger partial charge in [0.05, 0.1) is 6.04 Å². The fraction of sp³-hybridized carbons (Fsp3) is 0.529. The molecule has 3 amide bonds. The van der Waals surface area contributed by atoms with E-state index >= 15 is 0 Å². The van der Waals surface area contributed by atoms with E-state index in [1.165, 1.54) is 0 Å². The molecule has 0 saturated carbocycles. The predicted molar refractivity (Wildman–Crippen MR) is 99.7 cm³/mol. The Morgan fingerprint density at radius 3 is 2.58 bits per heavy atom. The first-order chi connectivity index (χ1) is 12.6. The van der Waals surface area contributed by atoms with Gasteiger partial charge in [-0.05, 0) is 12.1 Å². The Morgan fingerprint density at radius 1 is 1.19 bits per heavy atom. The number of fused-ring (bicyclic) bond motifs is 1. The first kappa shape index (κ1) is 18.9. The van der Waals surface area contributed by atoms with E-state index in [-0.39, 0.29) is 24.4 Å². The van der Waals surface area contributed by atoms with Gasteiger partial charge in [0.1, 0.15) is 13.2 Å². The Bertz CT molecular complexity index is 667. The van der Waals surface area contributed by atoms with Crippen LogP contribution in [0.25, 0.3) is 0 Å². The Balaban J connectivity index is 1.64. The standard InChI is InChI=1S/C17H21Cl2N3O4/c18-3-5-21(6-4-19)17(24)20-12-9-16(23)22(11-12)13-1-2-14-15(10-13)26-8-7-25-14/h1-2,10,12H,3-9,11H2,(H,20,24)/t12-/m0/s1. The normalized spacial score (nSPS) is 18.8. The van der Waals surface area contributed by atoms with E-state index in [9.17, 15) is 9.59 Å². The van der Waals surface area contributed by atoms with Crippen molar-refractivity contribution in [3.8, 4) is 11.5 Å². The fourth-order valence-electron chi connectivity index (χ4n) is 3.04. The lowest BCUT2D eigenvalue weighted by molar-refractivity contribution is -0.117. The highest BCUT2D eigenvalue weighted by atomic mass is 35.5. The van der Waals surface area contributed by atoms with Gasteiger partial charge in [0, 0.05) is 49.6 Å². The third-order valence-corrected chi connectivity index (χ3v) is 4.62. The second-order valence-electron chi connectivity index (χ2n) is 6.05. The van der Waals surface area contributed by atoms with Crippen molar-refractivity contribution in [1.82, 2.24) is 10.2 Å². The molecule has 2 aliphatic heterocycles. The van der Waals surface area contributed by atoms with Crippen LogP contribution in [0.4, 0.5) is 10.5 Å². The molecule has 1 fully saturated rings. The summed E-state index contributed by atoms with van der Waals surface area (Å²) in [7, 11) is 0. The van der Waals surface area contributed by atoms with E-state index in [4.69, 9.17) is 32.7 Å². The number of anilines is 1. The molecule has 7 nitrogen and oxygen atoms in total. The van der Waals surface area contributed by atoms with Crippen molar-refractivity contribution in [1.29, 1.82) is 0 Å². The van der Waals surface area contributed by atoms with Crippen LogP contribution < -0.4 is 19.7 Å². The molecule has 142 valence electrons. The molecule has 0 radical (unpaired) electrons. The Labute approximate surface area is 162 Å². The van der Waals surface area contributed by atoms with Gasteiger partial charge in [-0.1, -0.05) is 0 Å². The number of halogens is 2. The average molecular weight is 402 g/mol. The molecule has 0 spiro atoms. The molecular weight excluding hydrogens is 381 g/mol. The summed E-state index contributed by atoms with van der Waals surface area (Å²) >= 11 is 11.5. The van der Waals surface area contributed by atoms with E-state index in [0.29, 0.717) is 56.1 Å². The van der Waals surface area contributed by atoms with Gasteiger partial charge >= 0.3 is 6.03 Å². The largest absolute Gasteiger partial charge is 0.486 e. The fourth-order valence-corrected chi connectivity index (χ4v) is 3.45. The van der Waals surface area contributed by atoms with E-state index in [1.54, 1.807) is 21.9 Å². The molecule has 0 aliphatic carbocycles. The number of hydrogen-bond donors (Lipinski definition) is 1. The second kappa shape index (κ2) is 8.68. The molecule has 1 aromatic carbocycles. The van der Waals surface area contributed by atoms with Crippen molar-refractivity contribution < 1.29 is 19.1 Å². The molecule has 0 aromatic heterocycles. The monoisotopic (exact) mass is 401 g/mol. The van der Waals surface area contributed by atoms with Gasteiger partial charge in [0.15, 0.2) is 11.5 Å².